The highest BCUT2D eigenvalue weighted by molar-refractivity contribution is 5.99. The maximum Gasteiger partial charge on any atom is 0.246 e. The summed E-state index contributed by atoms with van der Waals surface area (Å²) in [5.74, 6) is 0.495. The van der Waals surface area contributed by atoms with Gasteiger partial charge in [-0.1, -0.05) is 19.4 Å². The van der Waals surface area contributed by atoms with Gasteiger partial charge in [0.25, 0.3) is 0 Å². The van der Waals surface area contributed by atoms with Gasteiger partial charge in [-0.2, -0.15) is 0 Å². The van der Waals surface area contributed by atoms with E-state index in [4.69, 9.17) is 4.74 Å². The molecule has 1 aliphatic rings. The Morgan fingerprint density at radius 1 is 1.50 bits per heavy atom. The first-order valence-corrected chi connectivity index (χ1v) is 7.02. The number of hydrogen-bond donors (Lipinski definition) is 2. The molecule has 0 spiro atoms. The Morgan fingerprint density at radius 3 is 3.05 bits per heavy atom. The van der Waals surface area contributed by atoms with Gasteiger partial charge in [0.05, 0.1) is 6.61 Å². The average Bonchev–Trinajstić information content (AvgIpc) is 2.86. The molecule has 1 saturated heterocycles. The average molecular weight is 276 g/mol. The molecule has 0 unspecified atom stereocenters. The zero-order chi connectivity index (χ0) is 14.4. The first kappa shape index (κ1) is 14.4. The van der Waals surface area contributed by atoms with E-state index in [1.54, 1.807) is 12.1 Å². The third-order valence-corrected chi connectivity index (χ3v) is 3.18. The van der Waals surface area contributed by atoms with E-state index in [0.717, 1.165) is 18.6 Å². The van der Waals surface area contributed by atoms with Crippen LogP contribution < -0.4 is 15.4 Å². The van der Waals surface area contributed by atoms with Gasteiger partial charge in [-0.25, -0.2) is 0 Å². The molecule has 0 radical (unpaired) electrons. The van der Waals surface area contributed by atoms with Crippen LogP contribution in [0.15, 0.2) is 24.3 Å². The Labute approximate surface area is 118 Å². The van der Waals surface area contributed by atoms with Crippen molar-refractivity contribution in [2.45, 2.75) is 38.6 Å². The summed E-state index contributed by atoms with van der Waals surface area (Å²) < 4.78 is 5.59. The van der Waals surface area contributed by atoms with E-state index in [9.17, 15) is 9.59 Å². The van der Waals surface area contributed by atoms with Crippen LogP contribution in [0.25, 0.3) is 0 Å². The van der Waals surface area contributed by atoms with Crippen LogP contribution >= 0.6 is 0 Å². The van der Waals surface area contributed by atoms with Crippen LogP contribution in [0.2, 0.25) is 0 Å². The number of benzene rings is 1. The molecule has 0 bridgehead atoms. The van der Waals surface area contributed by atoms with Crippen molar-refractivity contribution in [3.05, 3.63) is 24.3 Å². The molecule has 1 heterocycles. The SMILES string of the molecule is CCCCOc1cccc(NC(=O)[C@@H]2CCC(=O)N2)c1. The van der Waals surface area contributed by atoms with Crippen molar-refractivity contribution in [2.75, 3.05) is 11.9 Å². The Kier molecular flexibility index (Phi) is 4.98. The molecule has 5 heteroatoms. The van der Waals surface area contributed by atoms with E-state index in [1.807, 2.05) is 12.1 Å². The molecular formula is C15H20N2O3. The molecule has 1 aromatic carbocycles. The standard InChI is InChI=1S/C15H20N2O3/c1-2-3-9-20-12-6-4-5-11(10-12)16-15(19)13-7-8-14(18)17-13/h4-6,10,13H,2-3,7-9H2,1H3,(H,16,19)(H,17,18)/t13-/m0/s1. The fraction of sp³-hybridized carbons (Fsp3) is 0.467. The summed E-state index contributed by atoms with van der Waals surface area (Å²) in [6, 6.07) is 6.88. The van der Waals surface area contributed by atoms with Gasteiger partial charge in [-0.05, 0) is 25.0 Å². The molecule has 108 valence electrons. The van der Waals surface area contributed by atoms with Crippen molar-refractivity contribution in [3.63, 3.8) is 0 Å². The van der Waals surface area contributed by atoms with Crippen LogP contribution in [0.3, 0.4) is 0 Å². The van der Waals surface area contributed by atoms with Crippen LogP contribution in [0.4, 0.5) is 5.69 Å². The van der Waals surface area contributed by atoms with Crippen molar-refractivity contribution in [1.82, 2.24) is 5.32 Å². The lowest BCUT2D eigenvalue weighted by Crippen LogP contribution is -2.37. The number of carbonyl (C=O) groups is 2. The minimum Gasteiger partial charge on any atom is -0.494 e. The third kappa shape index (κ3) is 3.98. The fourth-order valence-corrected chi connectivity index (χ4v) is 2.04. The number of unbranched alkanes of at least 4 members (excludes halogenated alkanes) is 1. The van der Waals surface area contributed by atoms with E-state index in [2.05, 4.69) is 17.6 Å². The molecule has 1 fully saturated rings. The lowest BCUT2D eigenvalue weighted by Gasteiger charge is -2.12. The van der Waals surface area contributed by atoms with Gasteiger partial charge in [0, 0.05) is 18.2 Å². The molecule has 0 aromatic heterocycles. The lowest BCUT2D eigenvalue weighted by atomic mass is 10.2. The summed E-state index contributed by atoms with van der Waals surface area (Å²) >= 11 is 0. The first-order valence-electron chi connectivity index (χ1n) is 7.02. The Balaban J connectivity index is 1.90. The van der Waals surface area contributed by atoms with E-state index in [-0.39, 0.29) is 11.8 Å². The van der Waals surface area contributed by atoms with Crippen LogP contribution in [0, 0.1) is 0 Å². The van der Waals surface area contributed by atoms with Gasteiger partial charge < -0.3 is 15.4 Å². The molecular weight excluding hydrogens is 256 g/mol. The molecule has 5 nitrogen and oxygen atoms in total. The van der Waals surface area contributed by atoms with E-state index >= 15 is 0 Å². The summed E-state index contributed by atoms with van der Waals surface area (Å²) in [5.41, 5.74) is 0.685. The van der Waals surface area contributed by atoms with Gasteiger partial charge in [0.15, 0.2) is 0 Å². The summed E-state index contributed by atoms with van der Waals surface area (Å²) in [6.07, 6.45) is 3.05. The summed E-state index contributed by atoms with van der Waals surface area (Å²) in [6.45, 7) is 2.78. The van der Waals surface area contributed by atoms with Gasteiger partial charge >= 0.3 is 0 Å². The topological polar surface area (TPSA) is 67.4 Å². The molecule has 2 rings (SSSR count). The highest BCUT2D eigenvalue weighted by atomic mass is 16.5. The van der Waals surface area contributed by atoms with Gasteiger partial charge in [0.2, 0.25) is 11.8 Å². The number of ether oxygens (including phenoxy) is 1. The quantitative estimate of drug-likeness (QED) is 0.782. The minimum absolute atomic E-state index is 0.0678. The number of carbonyl (C=O) groups excluding carboxylic acids is 2. The second-order valence-corrected chi connectivity index (χ2v) is 4.88. The molecule has 20 heavy (non-hydrogen) atoms. The predicted molar refractivity (Wildman–Crippen MR) is 76.6 cm³/mol. The highest BCUT2D eigenvalue weighted by Crippen LogP contribution is 2.18. The predicted octanol–water partition coefficient (Wildman–Crippen LogP) is 2.08. The van der Waals surface area contributed by atoms with Gasteiger partial charge in [0.1, 0.15) is 11.8 Å². The lowest BCUT2D eigenvalue weighted by molar-refractivity contribution is -0.122. The second kappa shape index (κ2) is 6.93. The van der Waals surface area contributed by atoms with Crippen LogP contribution in [0.1, 0.15) is 32.6 Å². The van der Waals surface area contributed by atoms with Crippen LogP contribution in [-0.2, 0) is 9.59 Å². The maximum atomic E-state index is 12.0. The third-order valence-electron chi connectivity index (χ3n) is 3.18. The molecule has 0 saturated carbocycles. The molecule has 0 aliphatic carbocycles. The summed E-state index contributed by atoms with van der Waals surface area (Å²) in [5, 5.41) is 5.45. The van der Waals surface area contributed by atoms with E-state index < -0.39 is 6.04 Å². The van der Waals surface area contributed by atoms with Crippen molar-refractivity contribution in [2.24, 2.45) is 0 Å². The summed E-state index contributed by atoms with van der Waals surface area (Å²) in [7, 11) is 0. The van der Waals surface area contributed by atoms with Crippen molar-refractivity contribution < 1.29 is 14.3 Å². The van der Waals surface area contributed by atoms with Crippen LogP contribution in [-0.4, -0.2) is 24.5 Å². The minimum atomic E-state index is -0.424. The molecule has 1 atom stereocenters. The van der Waals surface area contributed by atoms with Crippen molar-refractivity contribution in [1.29, 1.82) is 0 Å². The Hall–Kier alpha value is -2.04. The largest absolute Gasteiger partial charge is 0.494 e. The zero-order valence-corrected chi connectivity index (χ0v) is 11.6. The number of nitrogens with one attached hydrogen (secondary N) is 2. The molecule has 1 aromatic rings. The van der Waals surface area contributed by atoms with Crippen molar-refractivity contribution >= 4 is 17.5 Å². The van der Waals surface area contributed by atoms with Gasteiger partial charge in [-0.15, -0.1) is 0 Å². The fourth-order valence-electron chi connectivity index (χ4n) is 2.04. The second-order valence-electron chi connectivity index (χ2n) is 4.88. The van der Waals surface area contributed by atoms with Gasteiger partial charge in [-0.3, -0.25) is 9.59 Å². The molecule has 1 aliphatic heterocycles. The normalized spacial score (nSPS) is 17.6. The Morgan fingerprint density at radius 2 is 2.35 bits per heavy atom. The van der Waals surface area contributed by atoms with E-state index in [0.29, 0.717) is 25.1 Å². The smallest absolute Gasteiger partial charge is 0.246 e. The monoisotopic (exact) mass is 276 g/mol. The zero-order valence-electron chi connectivity index (χ0n) is 11.6. The van der Waals surface area contributed by atoms with Crippen LogP contribution in [0.5, 0.6) is 5.75 Å². The number of rotatable bonds is 6. The first-order chi connectivity index (χ1) is 9.69. The van der Waals surface area contributed by atoms with Crippen molar-refractivity contribution in [3.8, 4) is 5.75 Å². The van der Waals surface area contributed by atoms with E-state index in [1.165, 1.54) is 0 Å². The number of amides is 2. The maximum absolute atomic E-state index is 12.0. The number of hydrogen-bond acceptors (Lipinski definition) is 3. The highest BCUT2D eigenvalue weighted by Gasteiger charge is 2.27. The molecule has 2 amide bonds. The summed E-state index contributed by atoms with van der Waals surface area (Å²) in [4.78, 5) is 23.1. The number of anilines is 1. The molecule has 2 N–H and O–H groups in total. The Bertz CT molecular complexity index is 488.